The second kappa shape index (κ2) is 7.19. The summed E-state index contributed by atoms with van der Waals surface area (Å²) < 4.78 is 1.51. The molecular weight excluding hydrogens is 344 g/mol. The van der Waals surface area contributed by atoms with Crippen LogP contribution in [0.1, 0.15) is 41.2 Å². The Kier molecular flexibility index (Phi) is 4.58. The number of rotatable bonds is 6. The second-order valence-corrected chi connectivity index (χ2v) is 6.80. The van der Waals surface area contributed by atoms with Crippen molar-refractivity contribution in [2.24, 2.45) is 0 Å². The zero-order valence-electron chi connectivity index (χ0n) is 14.8. The van der Waals surface area contributed by atoms with Gasteiger partial charge in [-0.1, -0.05) is 30.3 Å². The van der Waals surface area contributed by atoms with Crippen LogP contribution < -0.4 is 16.6 Å². The molecule has 1 amide bonds. The van der Waals surface area contributed by atoms with Crippen LogP contribution >= 0.6 is 0 Å². The highest BCUT2D eigenvalue weighted by atomic mass is 16.2. The van der Waals surface area contributed by atoms with Crippen molar-refractivity contribution in [2.45, 2.75) is 31.7 Å². The maximum atomic E-state index is 12.4. The van der Waals surface area contributed by atoms with Crippen molar-refractivity contribution < 1.29 is 4.79 Å². The van der Waals surface area contributed by atoms with Gasteiger partial charge in [0.15, 0.2) is 0 Å². The van der Waals surface area contributed by atoms with E-state index in [0.717, 1.165) is 25.7 Å². The van der Waals surface area contributed by atoms with Crippen molar-refractivity contribution in [1.29, 1.82) is 0 Å². The summed E-state index contributed by atoms with van der Waals surface area (Å²) in [5.41, 5.74) is 0.919. The molecule has 2 aromatic heterocycles. The predicted octanol–water partition coefficient (Wildman–Crippen LogP) is 1.78. The normalized spacial score (nSPS) is 13.6. The molecule has 0 saturated heterocycles. The van der Waals surface area contributed by atoms with Gasteiger partial charge in [-0.2, -0.15) is 0 Å². The number of nitrogens with one attached hydrogen (secondary N) is 2. The molecule has 0 radical (unpaired) electrons. The number of aromatic amines is 1. The van der Waals surface area contributed by atoms with E-state index in [-0.39, 0.29) is 17.3 Å². The minimum absolute atomic E-state index is 0.0852. The number of carbonyl (C=O) groups excluding carboxylic acids is 1. The third kappa shape index (κ3) is 3.67. The Morgan fingerprint density at radius 3 is 2.74 bits per heavy atom. The molecule has 0 aliphatic heterocycles. The Morgan fingerprint density at radius 1 is 1.22 bits per heavy atom. The number of benzene rings is 1. The van der Waals surface area contributed by atoms with Gasteiger partial charge in [0.2, 0.25) is 0 Å². The van der Waals surface area contributed by atoms with Crippen molar-refractivity contribution in [1.82, 2.24) is 19.9 Å². The minimum atomic E-state index is -0.516. The van der Waals surface area contributed by atoms with E-state index >= 15 is 0 Å². The van der Waals surface area contributed by atoms with E-state index < -0.39 is 11.2 Å². The van der Waals surface area contributed by atoms with Crippen LogP contribution in [0.3, 0.4) is 0 Å². The molecule has 2 heterocycles. The van der Waals surface area contributed by atoms with Gasteiger partial charge in [-0.25, -0.2) is 9.78 Å². The molecular formula is C20H20N4O3. The number of aryl methyl sites for hydroxylation is 1. The predicted molar refractivity (Wildman–Crippen MR) is 102 cm³/mol. The maximum Gasteiger partial charge on any atom is 0.330 e. The number of aromatic nitrogens is 3. The van der Waals surface area contributed by atoms with Crippen molar-refractivity contribution in [3.8, 4) is 0 Å². The van der Waals surface area contributed by atoms with Crippen LogP contribution in [0, 0.1) is 0 Å². The van der Waals surface area contributed by atoms with E-state index in [4.69, 9.17) is 0 Å². The summed E-state index contributed by atoms with van der Waals surface area (Å²) in [6, 6.07) is 11.7. The van der Waals surface area contributed by atoms with Crippen molar-refractivity contribution in [3.63, 3.8) is 0 Å². The SMILES string of the molecule is O=C(NCCCc1ccccc1)c1cnc2c(c1)c(=O)[nH]c(=O)n2C1CC1. The van der Waals surface area contributed by atoms with E-state index in [1.807, 2.05) is 18.2 Å². The number of hydrogen-bond donors (Lipinski definition) is 2. The molecule has 2 N–H and O–H groups in total. The maximum absolute atomic E-state index is 12.4. The Hall–Kier alpha value is -3.22. The molecule has 1 aliphatic carbocycles. The van der Waals surface area contributed by atoms with Crippen LogP contribution in [-0.2, 0) is 6.42 Å². The molecule has 138 valence electrons. The van der Waals surface area contributed by atoms with Gasteiger partial charge in [0, 0.05) is 18.8 Å². The minimum Gasteiger partial charge on any atom is -0.352 e. The molecule has 7 nitrogen and oxygen atoms in total. The number of hydrogen-bond acceptors (Lipinski definition) is 4. The number of amides is 1. The zero-order chi connectivity index (χ0) is 18.8. The fraction of sp³-hybridized carbons (Fsp3) is 0.300. The molecule has 0 unspecified atom stereocenters. The summed E-state index contributed by atoms with van der Waals surface area (Å²) in [4.78, 5) is 43.1. The van der Waals surface area contributed by atoms with Crippen LogP contribution in [0.25, 0.3) is 11.0 Å². The lowest BCUT2D eigenvalue weighted by Gasteiger charge is -2.09. The molecule has 3 aromatic rings. The first-order valence-corrected chi connectivity index (χ1v) is 9.10. The second-order valence-electron chi connectivity index (χ2n) is 6.80. The molecule has 4 rings (SSSR count). The third-order valence-corrected chi connectivity index (χ3v) is 4.72. The summed E-state index contributed by atoms with van der Waals surface area (Å²) in [5.74, 6) is -0.277. The molecule has 0 spiro atoms. The summed E-state index contributed by atoms with van der Waals surface area (Å²) >= 11 is 0. The molecule has 1 fully saturated rings. The van der Waals surface area contributed by atoms with Crippen molar-refractivity contribution in [3.05, 3.63) is 74.6 Å². The van der Waals surface area contributed by atoms with E-state index in [2.05, 4.69) is 27.4 Å². The van der Waals surface area contributed by atoms with Crippen LogP contribution in [-0.4, -0.2) is 27.0 Å². The quantitative estimate of drug-likeness (QED) is 0.652. The van der Waals surface area contributed by atoms with Crippen LogP contribution in [0.5, 0.6) is 0 Å². The summed E-state index contributed by atoms with van der Waals surface area (Å²) in [5, 5.41) is 3.12. The highest BCUT2D eigenvalue weighted by Gasteiger charge is 2.27. The van der Waals surface area contributed by atoms with E-state index in [0.29, 0.717) is 17.8 Å². The Morgan fingerprint density at radius 2 is 2.00 bits per heavy atom. The van der Waals surface area contributed by atoms with Crippen LogP contribution in [0.15, 0.2) is 52.2 Å². The Balaban J connectivity index is 1.48. The molecule has 0 bridgehead atoms. The molecule has 27 heavy (non-hydrogen) atoms. The van der Waals surface area contributed by atoms with Crippen LogP contribution in [0.4, 0.5) is 0 Å². The number of nitrogens with zero attached hydrogens (tertiary/aromatic N) is 2. The summed E-state index contributed by atoms with van der Waals surface area (Å²) in [6.45, 7) is 0.531. The smallest absolute Gasteiger partial charge is 0.330 e. The van der Waals surface area contributed by atoms with Gasteiger partial charge in [0.05, 0.1) is 10.9 Å². The van der Waals surface area contributed by atoms with Gasteiger partial charge in [-0.3, -0.25) is 19.1 Å². The average Bonchev–Trinajstić information content (AvgIpc) is 3.51. The van der Waals surface area contributed by atoms with Crippen molar-refractivity contribution >= 4 is 16.9 Å². The summed E-state index contributed by atoms with van der Waals surface area (Å²) in [6.07, 6.45) is 4.91. The zero-order valence-corrected chi connectivity index (χ0v) is 14.8. The van der Waals surface area contributed by atoms with Gasteiger partial charge >= 0.3 is 5.69 Å². The highest BCUT2D eigenvalue weighted by Crippen LogP contribution is 2.34. The molecule has 1 aromatic carbocycles. The fourth-order valence-electron chi connectivity index (χ4n) is 3.17. The first kappa shape index (κ1) is 17.2. The number of carbonyl (C=O) groups is 1. The first-order valence-electron chi connectivity index (χ1n) is 9.10. The van der Waals surface area contributed by atoms with E-state index in [1.54, 1.807) is 0 Å². The lowest BCUT2D eigenvalue weighted by atomic mass is 10.1. The van der Waals surface area contributed by atoms with E-state index in [1.165, 1.54) is 22.4 Å². The topological polar surface area (TPSA) is 96.8 Å². The monoisotopic (exact) mass is 364 g/mol. The molecule has 7 heteroatoms. The highest BCUT2D eigenvalue weighted by molar-refractivity contribution is 5.96. The third-order valence-electron chi connectivity index (χ3n) is 4.72. The van der Waals surface area contributed by atoms with Gasteiger partial charge in [-0.05, 0) is 37.3 Å². The number of H-pyrrole nitrogens is 1. The van der Waals surface area contributed by atoms with Gasteiger partial charge in [0.1, 0.15) is 5.65 Å². The number of pyridine rings is 1. The average molecular weight is 364 g/mol. The molecule has 1 aliphatic rings. The fourth-order valence-corrected chi connectivity index (χ4v) is 3.17. The largest absolute Gasteiger partial charge is 0.352 e. The first-order chi connectivity index (χ1) is 13.1. The lowest BCUT2D eigenvalue weighted by Crippen LogP contribution is -2.31. The lowest BCUT2D eigenvalue weighted by molar-refractivity contribution is 0.0953. The van der Waals surface area contributed by atoms with Gasteiger partial charge in [0.25, 0.3) is 11.5 Å². The van der Waals surface area contributed by atoms with Crippen LogP contribution in [0.2, 0.25) is 0 Å². The Bertz CT molecular complexity index is 1100. The summed E-state index contributed by atoms with van der Waals surface area (Å²) in [7, 11) is 0. The Labute approximate surface area is 155 Å². The van der Waals surface area contributed by atoms with Gasteiger partial charge in [-0.15, -0.1) is 0 Å². The molecule has 1 saturated carbocycles. The number of fused-ring (bicyclic) bond motifs is 1. The molecule has 0 atom stereocenters. The standard InChI is InChI=1S/C20H20N4O3/c25-18(21-10-4-7-13-5-2-1-3-6-13)14-11-16-17(22-12-14)24(15-8-9-15)20(27)23-19(16)26/h1-3,5-6,11-12,15H,4,7-10H2,(H,21,25)(H,23,26,27). The van der Waals surface area contributed by atoms with E-state index in [9.17, 15) is 14.4 Å². The van der Waals surface area contributed by atoms with Crippen molar-refractivity contribution in [2.75, 3.05) is 6.54 Å². The van der Waals surface area contributed by atoms with Gasteiger partial charge < -0.3 is 5.32 Å².